The number of aliphatic hydroxyl groups is 4. The van der Waals surface area contributed by atoms with Crippen LogP contribution in [0, 0.1) is 28.6 Å². The van der Waals surface area contributed by atoms with Gasteiger partial charge in [-0.1, -0.05) is 25.5 Å². The summed E-state index contributed by atoms with van der Waals surface area (Å²) in [4.78, 5) is 0. The molecule has 0 aromatic rings. The molecule has 4 N–H and O–H groups in total. The quantitative estimate of drug-likeness (QED) is 0.511. The minimum absolute atomic E-state index is 0.0184. The van der Waals surface area contributed by atoms with Crippen molar-refractivity contribution < 1.29 is 20.4 Å². The second-order valence-electron chi connectivity index (χ2n) is 9.08. The Balaban J connectivity index is 1.78. The van der Waals surface area contributed by atoms with Gasteiger partial charge in [-0.3, -0.25) is 0 Å². The largest absolute Gasteiger partial charge is 0.393 e. The zero-order valence-corrected chi connectivity index (χ0v) is 14.2. The maximum Gasteiger partial charge on any atom is 0.0758 e. The van der Waals surface area contributed by atoms with Crippen LogP contribution < -0.4 is 0 Å². The van der Waals surface area contributed by atoms with Gasteiger partial charge in [0.1, 0.15) is 0 Å². The lowest BCUT2D eigenvalue weighted by Gasteiger charge is -2.60. The Morgan fingerprint density at radius 1 is 1.04 bits per heavy atom. The summed E-state index contributed by atoms with van der Waals surface area (Å²) in [5.74, 6) is 0.320. The first-order chi connectivity index (χ1) is 10.8. The molecule has 0 amide bonds. The van der Waals surface area contributed by atoms with Crippen LogP contribution in [-0.2, 0) is 0 Å². The van der Waals surface area contributed by atoms with Crippen LogP contribution >= 0.6 is 0 Å². The lowest BCUT2D eigenvalue weighted by molar-refractivity contribution is -0.160. The Morgan fingerprint density at radius 2 is 1.78 bits per heavy atom. The van der Waals surface area contributed by atoms with E-state index in [4.69, 9.17) is 0 Å². The van der Waals surface area contributed by atoms with Gasteiger partial charge in [0.15, 0.2) is 0 Å². The summed E-state index contributed by atoms with van der Waals surface area (Å²) < 4.78 is 0. The van der Waals surface area contributed by atoms with Gasteiger partial charge in [0, 0.05) is 0 Å². The average molecular weight is 322 g/mol. The fraction of sp³-hybridized carbons (Fsp3) is 0.895. The second-order valence-corrected chi connectivity index (χ2v) is 9.08. The summed E-state index contributed by atoms with van der Waals surface area (Å²) in [6.07, 6.45) is 4.80. The van der Waals surface area contributed by atoms with Gasteiger partial charge in [-0.2, -0.15) is 0 Å². The van der Waals surface area contributed by atoms with E-state index in [0.717, 1.165) is 31.3 Å². The molecule has 0 aromatic carbocycles. The van der Waals surface area contributed by atoms with Gasteiger partial charge in [-0.15, -0.1) is 0 Å². The van der Waals surface area contributed by atoms with Gasteiger partial charge in [0.2, 0.25) is 0 Å². The van der Waals surface area contributed by atoms with Crippen molar-refractivity contribution in [2.75, 3.05) is 0 Å². The van der Waals surface area contributed by atoms with E-state index in [0.29, 0.717) is 12.8 Å². The molecule has 4 aliphatic rings. The fourth-order valence-electron chi connectivity index (χ4n) is 6.72. The topological polar surface area (TPSA) is 80.9 Å². The minimum atomic E-state index is -0.571. The third-order valence-corrected chi connectivity index (χ3v) is 7.99. The van der Waals surface area contributed by atoms with Crippen LogP contribution in [0.2, 0.25) is 0 Å². The number of hydrogen-bond acceptors (Lipinski definition) is 4. The third-order valence-electron chi connectivity index (χ3n) is 7.99. The molecule has 4 aliphatic carbocycles. The highest BCUT2D eigenvalue weighted by atomic mass is 16.3. The summed E-state index contributed by atoms with van der Waals surface area (Å²) >= 11 is 0. The molecule has 0 radical (unpaired) electrons. The first-order valence-electron chi connectivity index (χ1n) is 9.21. The monoisotopic (exact) mass is 322 g/mol. The van der Waals surface area contributed by atoms with Gasteiger partial charge < -0.3 is 20.4 Å². The third kappa shape index (κ3) is 2.05. The molecule has 3 fully saturated rings. The molecule has 2 unspecified atom stereocenters. The summed E-state index contributed by atoms with van der Waals surface area (Å²) in [6.45, 7) is 4.30. The molecule has 9 atom stereocenters. The van der Waals surface area contributed by atoms with Crippen LogP contribution in [0.25, 0.3) is 0 Å². The lowest BCUT2D eigenvalue weighted by Crippen LogP contribution is -2.60. The molecule has 4 rings (SSSR count). The van der Waals surface area contributed by atoms with Gasteiger partial charge >= 0.3 is 0 Å². The van der Waals surface area contributed by atoms with Crippen LogP contribution in [0.1, 0.15) is 52.4 Å². The molecule has 0 bridgehead atoms. The van der Waals surface area contributed by atoms with Crippen LogP contribution in [-0.4, -0.2) is 44.8 Å². The molecule has 23 heavy (non-hydrogen) atoms. The van der Waals surface area contributed by atoms with Crippen molar-refractivity contribution >= 4 is 0 Å². The number of hydrogen-bond donors (Lipinski definition) is 4. The zero-order chi connectivity index (χ0) is 16.6. The first kappa shape index (κ1) is 16.1. The number of aliphatic hydroxyl groups excluding tert-OH is 4. The van der Waals surface area contributed by atoms with Crippen LogP contribution in [0.4, 0.5) is 0 Å². The Morgan fingerprint density at radius 3 is 2.52 bits per heavy atom. The zero-order valence-electron chi connectivity index (χ0n) is 14.2. The highest BCUT2D eigenvalue weighted by Gasteiger charge is 2.63. The van der Waals surface area contributed by atoms with Gasteiger partial charge in [0.25, 0.3) is 0 Å². The van der Waals surface area contributed by atoms with E-state index < -0.39 is 12.2 Å². The van der Waals surface area contributed by atoms with Crippen molar-refractivity contribution in [3.05, 3.63) is 11.6 Å². The Kier molecular flexibility index (Phi) is 3.52. The smallest absolute Gasteiger partial charge is 0.0758 e. The van der Waals surface area contributed by atoms with E-state index in [9.17, 15) is 20.4 Å². The van der Waals surface area contributed by atoms with Crippen LogP contribution in [0.5, 0.6) is 0 Å². The van der Waals surface area contributed by atoms with E-state index in [1.165, 1.54) is 0 Å². The molecule has 0 aromatic heterocycles. The predicted molar refractivity (Wildman–Crippen MR) is 86.5 cm³/mol. The van der Waals surface area contributed by atoms with Gasteiger partial charge in [-0.05, 0) is 67.1 Å². The molecule has 3 saturated carbocycles. The molecule has 0 aliphatic heterocycles. The highest BCUT2D eigenvalue weighted by Crippen LogP contribution is 2.64. The van der Waals surface area contributed by atoms with Crippen LogP contribution in [0.3, 0.4) is 0 Å². The highest BCUT2D eigenvalue weighted by molar-refractivity contribution is 5.29. The molecular formula is C19H30O4. The molecule has 0 spiro atoms. The lowest BCUT2D eigenvalue weighted by atomic mass is 9.46. The van der Waals surface area contributed by atoms with E-state index >= 15 is 0 Å². The van der Waals surface area contributed by atoms with Crippen molar-refractivity contribution in [1.82, 2.24) is 0 Å². The van der Waals surface area contributed by atoms with Crippen molar-refractivity contribution in [3.63, 3.8) is 0 Å². The van der Waals surface area contributed by atoms with E-state index in [1.54, 1.807) is 0 Å². The SMILES string of the molecule is C[C@]12C[C@@H](O)[C@H]3C(C(O)C=C4C[C@@H](O)CC[C@@]43C)[C@@H]1CC[C@@H]2O. The molecule has 130 valence electrons. The maximum absolute atomic E-state index is 11.0. The van der Waals surface area contributed by atoms with Crippen molar-refractivity contribution in [2.24, 2.45) is 28.6 Å². The summed E-state index contributed by atoms with van der Waals surface area (Å²) in [5.41, 5.74) is 0.723. The molecule has 0 saturated heterocycles. The number of rotatable bonds is 0. The predicted octanol–water partition coefficient (Wildman–Crippen LogP) is 1.61. The average Bonchev–Trinajstić information content (AvgIpc) is 2.76. The van der Waals surface area contributed by atoms with E-state index in [2.05, 4.69) is 13.8 Å². The Labute approximate surface area is 138 Å². The second kappa shape index (κ2) is 5.04. The Hall–Kier alpha value is -0.420. The van der Waals surface area contributed by atoms with E-state index in [1.807, 2.05) is 6.08 Å². The van der Waals surface area contributed by atoms with Crippen molar-refractivity contribution in [3.8, 4) is 0 Å². The van der Waals surface area contributed by atoms with Crippen molar-refractivity contribution in [2.45, 2.75) is 76.8 Å². The summed E-state index contributed by atoms with van der Waals surface area (Å²) in [7, 11) is 0. The normalized spacial score (nSPS) is 58.9. The number of fused-ring (bicyclic) bond motifs is 5. The summed E-state index contributed by atoms with van der Waals surface area (Å²) in [5, 5.41) is 42.4. The standard InChI is InChI=1S/C19H30O4/c1-18-6-5-11(20)7-10(18)8-13(21)16-12-3-4-15(23)19(12,2)9-14(22)17(16)18/h8,11-17,20-23H,3-7,9H2,1-2H3/t11-,12-,13?,14+,15-,16?,17-,18-,19-/m0/s1. The summed E-state index contributed by atoms with van der Waals surface area (Å²) in [6, 6.07) is 0. The Bertz CT molecular complexity index is 531. The first-order valence-corrected chi connectivity index (χ1v) is 9.21. The fourth-order valence-corrected chi connectivity index (χ4v) is 6.72. The van der Waals surface area contributed by atoms with Gasteiger partial charge in [-0.25, -0.2) is 0 Å². The maximum atomic E-state index is 11.0. The molecule has 4 heteroatoms. The molecule has 4 nitrogen and oxygen atoms in total. The minimum Gasteiger partial charge on any atom is -0.393 e. The van der Waals surface area contributed by atoms with Crippen molar-refractivity contribution in [1.29, 1.82) is 0 Å². The van der Waals surface area contributed by atoms with Gasteiger partial charge in [0.05, 0.1) is 24.4 Å². The van der Waals surface area contributed by atoms with Crippen LogP contribution in [0.15, 0.2) is 11.6 Å². The molecule has 0 heterocycles. The van der Waals surface area contributed by atoms with E-state index in [-0.39, 0.29) is 40.8 Å². The molecular weight excluding hydrogens is 292 g/mol.